The molecule has 0 amide bonds. The first-order valence-corrected chi connectivity index (χ1v) is 7.46. The van der Waals surface area contributed by atoms with Crippen molar-refractivity contribution in [3.8, 4) is 0 Å². The van der Waals surface area contributed by atoms with Crippen LogP contribution in [0.25, 0.3) is 0 Å². The van der Waals surface area contributed by atoms with E-state index in [1.165, 1.54) is 38.4 Å². The standard InChI is InChI=1S/C15H22ClFN2/c1-2-19-8-3-4-13(7-9-19)18-11-12-5-6-15(17)14(16)10-12/h5-6,10,13,18H,2-4,7-9,11H2,1H3. The molecule has 1 fully saturated rings. The summed E-state index contributed by atoms with van der Waals surface area (Å²) in [6, 6.07) is 5.49. The van der Waals surface area contributed by atoms with Gasteiger partial charge in [0.1, 0.15) is 5.82 Å². The van der Waals surface area contributed by atoms with E-state index < -0.39 is 0 Å². The Morgan fingerprint density at radius 1 is 1.37 bits per heavy atom. The van der Waals surface area contributed by atoms with Gasteiger partial charge in [0, 0.05) is 12.6 Å². The molecule has 0 bridgehead atoms. The summed E-state index contributed by atoms with van der Waals surface area (Å²) in [5.74, 6) is -0.349. The molecule has 1 saturated heterocycles. The number of rotatable bonds is 4. The van der Waals surface area contributed by atoms with Gasteiger partial charge in [-0.2, -0.15) is 0 Å². The van der Waals surface area contributed by atoms with Gasteiger partial charge in [0.05, 0.1) is 5.02 Å². The van der Waals surface area contributed by atoms with Crippen molar-refractivity contribution in [2.75, 3.05) is 19.6 Å². The fourth-order valence-electron chi connectivity index (χ4n) is 2.59. The summed E-state index contributed by atoms with van der Waals surface area (Å²) in [4.78, 5) is 2.50. The predicted octanol–water partition coefficient (Wildman–Crippen LogP) is 3.44. The van der Waals surface area contributed by atoms with Gasteiger partial charge in [0.15, 0.2) is 0 Å². The fraction of sp³-hybridized carbons (Fsp3) is 0.600. The van der Waals surface area contributed by atoms with Gasteiger partial charge in [-0.25, -0.2) is 4.39 Å². The molecular formula is C15H22ClFN2. The van der Waals surface area contributed by atoms with E-state index >= 15 is 0 Å². The van der Waals surface area contributed by atoms with E-state index in [2.05, 4.69) is 17.1 Å². The van der Waals surface area contributed by atoms with Gasteiger partial charge in [-0.15, -0.1) is 0 Å². The predicted molar refractivity (Wildman–Crippen MR) is 78.0 cm³/mol. The molecule has 1 heterocycles. The van der Waals surface area contributed by atoms with E-state index in [1.807, 2.05) is 0 Å². The van der Waals surface area contributed by atoms with E-state index in [1.54, 1.807) is 12.1 Å². The number of hydrogen-bond acceptors (Lipinski definition) is 2. The highest BCUT2D eigenvalue weighted by Crippen LogP contribution is 2.17. The van der Waals surface area contributed by atoms with E-state index in [0.29, 0.717) is 6.04 Å². The Kier molecular flexibility index (Phi) is 5.61. The molecule has 0 saturated carbocycles. The third-order valence-corrected chi connectivity index (χ3v) is 4.14. The van der Waals surface area contributed by atoms with Crippen LogP contribution in [-0.4, -0.2) is 30.6 Å². The van der Waals surface area contributed by atoms with Crippen molar-refractivity contribution in [3.05, 3.63) is 34.6 Å². The second-order valence-corrected chi connectivity index (χ2v) is 5.60. The maximum absolute atomic E-state index is 13.1. The second kappa shape index (κ2) is 7.22. The molecule has 0 aliphatic carbocycles. The highest BCUT2D eigenvalue weighted by molar-refractivity contribution is 6.30. The monoisotopic (exact) mass is 284 g/mol. The van der Waals surface area contributed by atoms with Crippen LogP contribution in [0.2, 0.25) is 5.02 Å². The van der Waals surface area contributed by atoms with Gasteiger partial charge < -0.3 is 10.2 Å². The Labute approximate surface area is 119 Å². The third-order valence-electron chi connectivity index (χ3n) is 3.85. The smallest absolute Gasteiger partial charge is 0.141 e. The van der Waals surface area contributed by atoms with Crippen LogP contribution < -0.4 is 5.32 Å². The lowest BCUT2D eigenvalue weighted by Crippen LogP contribution is -2.30. The summed E-state index contributed by atoms with van der Waals surface area (Å²) >= 11 is 5.79. The Balaban J connectivity index is 1.83. The third kappa shape index (κ3) is 4.44. The van der Waals surface area contributed by atoms with Gasteiger partial charge in [-0.1, -0.05) is 24.6 Å². The summed E-state index contributed by atoms with van der Waals surface area (Å²) in [5, 5.41) is 3.77. The molecule has 0 aromatic heterocycles. The SMILES string of the molecule is CCN1CCCC(NCc2ccc(F)c(Cl)c2)CC1. The van der Waals surface area contributed by atoms with Crippen LogP contribution in [0.1, 0.15) is 31.7 Å². The molecule has 1 atom stereocenters. The van der Waals surface area contributed by atoms with Crippen molar-refractivity contribution in [3.63, 3.8) is 0 Å². The lowest BCUT2D eigenvalue weighted by atomic mass is 10.1. The molecule has 1 aliphatic heterocycles. The van der Waals surface area contributed by atoms with Gasteiger partial charge in [0.2, 0.25) is 0 Å². The number of benzene rings is 1. The molecule has 0 radical (unpaired) electrons. The summed E-state index contributed by atoms with van der Waals surface area (Å²) in [6.07, 6.45) is 3.64. The number of hydrogen-bond donors (Lipinski definition) is 1. The largest absolute Gasteiger partial charge is 0.310 e. The highest BCUT2D eigenvalue weighted by atomic mass is 35.5. The maximum Gasteiger partial charge on any atom is 0.141 e. The summed E-state index contributed by atoms with van der Waals surface area (Å²) in [7, 11) is 0. The molecule has 0 spiro atoms. The van der Waals surface area contributed by atoms with Crippen molar-refractivity contribution in [1.29, 1.82) is 0 Å². The van der Waals surface area contributed by atoms with Gasteiger partial charge in [0.25, 0.3) is 0 Å². The molecule has 1 unspecified atom stereocenters. The van der Waals surface area contributed by atoms with Crippen molar-refractivity contribution in [1.82, 2.24) is 10.2 Å². The van der Waals surface area contributed by atoms with Crippen molar-refractivity contribution < 1.29 is 4.39 Å². The zero-order valence-electron chi connectivity index (χ0n) is 11.5. The molecule has 1 N–H and O–H groups in total. The van der Waals surface area contributed by atoms with Gasteiger partial charge >= 0.3 is 0 Å². The van der Waals surface area contributed by atoms with Crippen LogP contribution in [0, 0.1) is 5.82 Å². The maximum atomic E-state index is 13.1. The van der Waals surface area contributed by atoms with Gasteiger partial charge in [-0.05, 0) is 56.6 Å². The molecule has 1 aromatic carbocycles. The molecule has 2 nitrogen and oxygen atoms in total. The lowest BCUT2D eigenvalue weighted by Gasteiger charge is -2.18. The molecule has 2 rings (SSSR count). The summed E-state index contributed by atoms with van der Waals surface area (Å²) in [6.45, 7) is 6.49. The molecule has 19 heavy (non-hydrogen) atoms. The van der Waals surface area contributed by atoms with Crippen molar-refractivity contribution in [2.24, 2.45) is 0 Å². The zero-order chi connectivity index (χ0) is 13.7. The molecule has 1 aliphatic rings. The van der Waals surface area contributed by atoms with E-state index in [-0.39, 0.29) is 10.8 Å². The number of nitrogens with one attached hydrogen (secondary N) is 1. The van der Waals surface area contributed by atoms with Crippen LogP contribution in [0.3, 0.4) is 0 Å². The first-order valence-electron chi connectivity index (χ1n) is 7.08. The highest BCUT2D eigenvalue weighted by Gasteiger charge is 2.15. The average Bonchev–Trinajstić information content (AvgIpc) is 2.65. The number of halogens is 2. The van der Waals surface area contributed by atoms with Crippen molar-refractivity contribution in [2.45, 2.75) is 38.8 Å². The minimum absolute atomic E-state index is 0.206. The second-order valence-electron chi connectivity index (χ2n) is 5.19. The van der Waals surface area contributed by atoms with E-state index in [4.69, 9.17) is 11.6 Å². The first-order chi connectivity index (χ1) is 9.19. The van der Waals surface area contributed by atoms with Crippen LogP contribution >= 0.6 is 11.6 Å². The van der Waals surface area contributed by atoms with Crippen LogP contribution in [0.4, 0.5) is 4.39 Å². The van der Waals surface area contributed by atoms with Crippen LogP contribution in [0.5, 0.6) is 0 Å². The molecular weight excluding hydrogens is 263 g/mol. The quantitative estimate of drug-likeness (QED) is 0.911. The van der Waals surface area contributed by atoms with Crippen LogP contribution in [-0.2, 0) is 6.54 Å². The Bertz CT molecular complexity index is 411. The van der Waals surface area contributed by atoms with Gasteiger partial charge in [-0.3, -0.25) is 0 Å². The molecule has 4 heteroatoms. The van der Waals surface area contributed by atoms with Crippen molar-refractivity contribution >= 4 is 11.6 Å². The number of nitrogens with zero attached hydrogens (tertiary/aromatic N) is 1. The summed E-state index contributed by atoms with van der Waals surface area (Å²) < 4.78 is 13.1. The Morgan fingerprint density at radius 2 is 2.21 bits per heavy atom. The first kappa shape index (κ1) is 14.8. The summed E-state index contributed by atoms with van der Waals surface area (Å²) in [5.41, 5.74) is 1.04. The zero-order valence-corrected chi connectivity index (χ0v) is 12.2. The average molecular weight is 285 g/mol. The minimum atomic E-state index is -0.349. The molecule has 1 aromatic rings. The topological polar surface area (TPSA) is 15.3 Å². The van der Waals surface area contributed by atoms with Crippen LogP contribution in [0.15, 0.2) is 18.2 Å². The number of likely N-dealkylation sites (tertiary alicyclic amines) is 1. The fourth-order valence-corrected chi connectivity index (χ4v) is 2.79. The lowest BCUT2D eigenvalue weighted by molar-refractivity contribution is 0.297. The molecule has 106 valence electrons. The van der Waals surface area contributed by atoms with E-state index in [9.17, 15) is 4.39 Å². The normalized spacial score (nSPS) is 21.3. The minimum Gasteiger partial charge on any atom is -0.310 e. The van der Waals surface area contributed by atoms with E-state index in [0.717, 1.165) is 18.7 Å². The Morgan fingerprint density at radius 3 is 2.95 bits per heavy atom. The Hall–Kier alpha value is -0.640.